The van der Waals surface area contributed by atoms with Crippen molar-refractivity contribution in [3.63, 3.8) is 0 Å². The summed E-state index contributed by atoms with van der Waals surface area (Å²) in [5.41, 5.74) is 0. The van der Waals surface area contributed by atoms with Gasteiger partial charge in [-0.15, -0.1) is 0 Å². The van der Waals surface area contributed by atoms with Crippen molar-refractivity contribution in [2.24, 2.45) is 5.92 Å². The molecule has 2 saturated heterocycles. The molecule has 2 fully saturated rings. The van der Waals surface area contributed by atoms with Gasteiger partial charge in [0.2, 0.25) is 0 Å². The normalized spacial score (nSPS) is 31.6. The van der Waals surface area contributed by atoms with Gasteiger partial charge in [0.05, 0.1) is 19.1 Å². The first-order chi connectivity index (χ1) is 8.44. The monoisotopic (exact) mass is 278 g/mol. The second-order valence-electron chi connectivity index (χ2n) is 4.60. The number of carbonyl (C=O) groups is 1. The first-order valence-electron chi connectivity index (χ1n) is 6.02. The Morgan fingerprint density at radius 1 is 1.28 bits per heavy atom. The van der Waals surface area contributed by atoms with Gasteiger partial charge in [0, 0.05) is 25.7 Å². The van der Waals surface area contributed by atoms with Gasteiger partial charge in [-0.05, 0) is 13.3 Å². The van der Waals surface area contributed by atoms with Gasteiger partial charge in [0.1, 0.15) is 0 Å². The quantitative estimate of drug-likeness (QED) is 0.742. The Bertz CT molecular complexity index is 418. The molecule has 18 heavy (non-hydrogen) atoms. The highest BCUT2D eigenvalue weighted by molar-refractivity contribution is 7.86. The Morgan fingerprint density at radius 2 is 1.89 bits per heavy atom. The summed E-state index contributed by atoms with van der Waals surface area (Å²) in [6.07, 6.45) is 0.375. The molecule has 0 aliphatic carbocycles. The summed E-state index contributed by atoms with van der Waals surface area (Å²) < 4.78 is 32.5. The number of rotatable bonds is 3. The predicted octanol–water partition coefficient (Wildman–Crippen LogP) is -0.642. The highest BCUT2D eigenvalue weighted by Crippen LogP contribution is 2.28. The van der Waals surface area contributed by atoms with E-state index < -0.39 is 28.1 Å². The Kier molecular flexibility index (Phi) is 3.90. The van der Waals surface area contributed by atoms with E-state index in [-0.39, 0.29) is 6.54 Å². The third-order valence-electron chi connectivity index (χ3n) is 3.61. The lowest BCUT2D eigenvalue weighted by molar-refractivity contribution is -0.142. The van der Waals surface area contributed by atoms with Crippen LogP contribution in [0.25, 0.3) is 0 Å². The van der Waals surface area contributed by atoms with Crippen LogP contribution in [0, 0.1) is 5.92 Å². The number of aliphatic carboxylic acids is 1. The summed E-state index contributed by atoms with van der Waals surface area (Å²) in [6, 6.07) is -0.490. The van der Waals surface area contributed by atoms with E-state index in [1.54, 1.807) is 6.92 Å². The molecule has 2 unspecified atom stereocenters. The standard InChI is InChI=1S/C10H18N2O5S/c1-8-9(10(13)14)2-3-12(8)18(15,16)11-4-6-17-7-5-11/h8-9H,2-7H2,1H3,(H,13,14). The van der Waals surface area contributed by atoms with Crippen LogP contribution in [0.4, 0.5) is 0 Å². The Hall–Kier alpha value is -0.700. The third kappa shape index (κ3) is 2.37. The maximum absolute atomic E-state index is 12.4. The molecule has 0 aromatic rings. The van der Waals surface area contributed by atoms with Crippen molar-refractivity contribution in [2.75, 3.05) is 32.8 Å². The van der Waals surface area contributed by atoms with Crippen molar-refractivity contribution in [2.45, 2.75) is 19.4 Å². The van der Waals surface area contributed by atoms with Crippen LogP contribution in [0.3, 0.4) is 0 Å². The number of hydrogen-bond donors (Lipinski definition) is 1. The Labute approximate surface area is 106 Å². The zero-order valence-electron chi connectivity index (χ0n) is 10.3. The zero-order chi connectivity index (χ0) is 13.3. The topological polar surface area (TPSA) is 87.2 Å². The number of morpholine rings is 1. The molecule has 2 aliphatic rings. The lowest BCUT2D eigenvalue weighted by atomic mass is 10.0. The number of ether oxygens (including phenoxy) is 1. The van der Waals surface area contributed by atoms with Gasteiger partial charge in [-0.1, -0.05) is 0 Å². The van der Waals surface area contributed by atoms with E-state index in [1.165, 1.54) is 8.61 Å². The maximum Gasteiger partial charge on any atom is 0.308 e. The summed E-state index contributed by atoms with van der Waals surface area (Å²) in [4.78, 5) is 11.0. The van der Waals surface area contributed by atoms with Crippen molar-refractivity contribution >= 4 is 16.2 Å². The van der Waals surface area contributed by atoms with Gasteiger partial charge < -0.3 is 9.84 Å². The minimum absolute atomic E-state index is 0.276. The molecule has 2 aliphatic heterocycles. The number of hydrogen-bond acceptors (Lipinski definition) is 4. The number of carboxylic acids is 1. The summed E-state index contributed by atoms with van der Waals surface area (Å²) >= 11 is 0. The minimum Gasteiger partial charge on any atom is -0.481 e. The van der Waals surface area contributed by atoms with E-state index >= 15 is 0 Å². The first kappa shape index (κ1) is 13.7. The minimum atomic E-state index is -3.55. The van der Waals surface area contributed by atoms with Crippen molar-refractivity contribution < 1.29 is 23.1 Å². The Balaban J connectivity index is 2.13. The fraction of sp³-hybridized carbons (Fsp3) is 0.900. The van der Waals surface area contributed by atoms with Gasteiger partial charge in [-0.2, -0.15) is 17.0 Å². The van der Waals surface area contributed by atoms with E-state index in [0.717, 1.165) is 0 Å². The molecular formula is C10H18N2O5S. The van der Waals surface area contributed by atoms with Crippen molar-refractivity contribution in [1.82, 2.24) is 8.61 Å². The molecule has 0 amide bonds. The molecule has 0 bridgehead atoms. The SMILES string of the molecule is CC1C(C(=O)O)CCN1S(=O)(=O)N1CCOCC1. The molecule has 0 aromatic carbocycles. The fourth-order valence-electron chi connectivity index (χ4n) is 2.49. The lowest BCUT2D eigenvalue weighted by Crippen LogP contribution is -2.50. The lowest BCUT2D eigenvalue weighted by Gasteiger charge is -2.32. The fourth-order valence-corrected chi connectivity index (χ4v) is 4.30. The molecule has 0 saturated carbocycles. The van der Waals surface area contributed by atoms with Gasteiger partial charge in [0.25, 0.3) is 10.2 Å². The largest absolute Gasteiger partial charge is 0.481 e. The molecule has 2 heterocycles. The molecule has 0 spiro atoms. The molecule has 7 nitrogen and oxygen atoms in total. The average molecular weight is 278 g/mol. The maximum atomic E-state index is 12.4. The van der Waals surface area contributed by atoms with Crippen molar-refractivity contribution in [1.29, 1.82) is 0 Å². The smallest absolute Gasteiger partial charge is 0.308 e. The molecule has 0 aromatic heterocycles. The van der Waals surface area contributed by atoms with Crippen molar-refractivity contribution in [3.8, 4) is 0 Å². The van der Waals surface area contributed by atoms with Crippen LogP contribution < -0.4 is 0 Å². The van der Waals surface area contributed by atoms with Crippen LogP contribution in [0.1, 0.15) is 13.3 Å². The molecule has 2 atom stereocenters. The van der Waals surface area contributed by atoms with Crippen LogP contribution in [0.5, 0.6) is 0 Å². The average Bonchev–Trinajstić information content (AvgIpc) is 2.73. The van der Waals surface area contributed by atoms with E-state index in [1.807, 2.05) is 0 Å². The Morgan fingerprint density at radius 3 is 2.39 bits per heavy atom. The van der Waals surface area contributed by atoms with Crippen LogP contribution in [0.15, 0.2) is 0 Å². The van der Waals surface area contributed by atoms with Gasteiger partial charge >= 0.3 is 5.97 Å². The molecule has 8 heteroatoms. The van der Waals surface area contributed by atoms with Crippen molar-refractivity contribution in [3.05, 3.63) is 0 Å². The molecule has 104 valence electrons. The first-order valence-corrected chi connectivity index (χ1v) is 7.42. The van der Waals surface area contributed by atoms with E-state index in [2.05, 4.69) is 0 Å². The highest BCUT2D eigenvalue weighted by atomic mass is 32.2. The molecule has 2 rings (SSSR count). The van der Waals surface area contributed by atoms with E-state index in [9.17, 15) is 13.2 Å². The van der Waals surface area contributed by atoms with Gasteiger partial charge in [0.15, 0.2) is 0 Å². The molecular weight excluding hydrogens is 260 g/mol. The number of carboxylic acid groups (broad SMARTS) is 1. The van der Waals surface area contributed by atoms with Gasteiger partial charge in [-0.3, -0.25) is 4.79 Å². The van der Waals surface area contributed by atoms with E-state index in [0.29, 0.717) is 32.7 Å². The summed E-state index contributed by atoms with van der Waals surface area (Å²) in [6.45, 7) is 3.39. The van der Waals surface area contributed by atoms with E-state index in [4.69, 9.17) is 9.84 Å². The molecule has 1 N–H and O–H groups in total. The molecule has 0 radical (unpaired) electrons. The van der Waals surface area contributed by atoms with Crippen LogP contribution in [0.2, 0.25) is 0 Å². The van der Waals surface area contributed by atoms with Crippen LogP contribution >= 0.6 is 0 Å². The second kappa shape index (κ2) is 5.12. The predicted molar refractivity (Wildman–Crippen MR) is 63.2 cm³/mol. The highest BCUT2D eigenvalue weighted by Gasteiger charge is 2.44. The summed E-state index contributed by atoms with van der Waals surface area (Å²) in [5, 5.41) is 9.02. The zero-order valence-corrected chi connectivity index (χ0v) is 11.1. The van der Waals surface area contributed by atoms with Crippen LogP contribution in [-0.2, 0) is 19.7 Å². The van der Waals surface area contributed by atoms with Crippen LogP contribution in [-0.4, -0.2) is 67.0 Å². The second-order valence-corrected chi connectivity index (χ2v) is 6.49. The van der Waals surface area contributed by atoms with Gasteiger partial charge in [-0.25, -0.2) is 0 Å². The number of nitrogens with zero attached hydrogens (tertiary/aromatic N) is 2. The third-order valence-corrected chi connectivity index (χ3v) is 5.73. The summed E-state index contributed by atoms with van der Waals surface area (Å²) in [7, 11) is -3.55. The summed E-state index contributed by atoms with van der Waals surface area (Å²) in [5.74, 6) is -1.54.